The quantitative estimate of drug-likeness (QED) is 0.386. The second-order valence-electron chi connectivity index (χ2n) is 8.30. The molecule has 0 radical (unpaired) electrons. The van der Waals surface area contributed by atoms with Crippen molar-refractivity contribution in [3.63, 3.8) is 0 Å². The first-order valence-corrected chi connectivity index (χ1v) is 10.6. The molecule has 0 fully saturated rings. The third-order valence-electron chi connectivity index (χ3n) is 6.70. The van der Waals surface area contributed by atoms with Crippen molar-refractivity contribution in [2.45, 2.75) is 5.92 Å². The Morgan fingerprint density at radius 2 is 1.18 bits per heavy atom. The van der Waals surface area contributed by atoms with E-state index in [1.807, 2.05) is 36.7 Å². The molecule has 8 nitrogen and oxygen atoms in total. The normalized spacial score (nSPS) is 21.9. The first-order chi connectivity index (χ1) is 16.8. The predicted octanol–water partition coefficient (Wildman–Crippen LogP) is 3.86. The third kappa shape index (κ3) is 2.39. The number of allylic oxidation sites excluding steroid dienone is 4. The zero-order chi connectivity index (χ0) is 22.8. The average Bonchev–Trinajstić information content (AvgIpc) is 3.32. The zero-order valence-electron chi connectivity index (χ0n) is 17.5. The van der Waals surface area contributed by atoms with Crippen LogP contribution in [0.25, 0.3) is 27.6 Å². The fraction of sp³-hybridized carbons (Fsp3) is 0.0769. The van der Waals surface area contributed by atoms with Gasteiger partial charge in [0.25, 0.3) is 0 Å². The van der Waals surface area contributed by atoms with Gasteiger partial charge < -0.3 is 0 Å². The fourth-order valence-corrected chi connectivity index (χ4v) is 5.36. The number of benzene rings is 2. The van der Waals surface area contributed by atoms with Crippen molar-refractivity contribution in [1.82, 2.24) is 19.9 Å². The van der Waals surface area contributed by atoms with Crippen molar-refractivity contribution in [1.29, 1.82) is 10.5 Å². The van der Waals surface area contributed by atoms with Gasteiger partial charge in [-0.1, -0.05) is 12.2 Å². The Kier molecular flexibility index (Phi) is 3.65. The van der Waals surface area contributed by atoms with Crippen molar-refractivity contribution < 1.29 is 0 Å². The van der Waals surface area contributed by atoms with E-state index in [2.05, 4.69) is 42.1 Å². The van der Waals surface area contributed by atoms with Gasteiger partial charge in [-0.25, -0.2) is 0 Å². The lowest BCUT2D eigenvalue weighted by Crippen LogP contribution is -2.16. The summed E-state index contributed by atoms with van der Waals surface area (Å²) in [5.74, 6) is -0.187. The van der Waals surface area contributed by atoms with E-state index >= 15 is 0 Å². The van der Waals surface area contributed by atoms with Crippen molar-refractivity contribution in [3.05, 3.63) is 89.0 Å². The molecule has 0 saturated carbocycles. The number of aliphatic imine (C=N–C) groups is 2. The lowest BCUT2D eigenvalue weighted by atomic mass is 9.81. The molecule has 3 aliphatic rings. The summed E-state index contributed by atoms with van der Waals surface area (Å²) in [5.41, 5.74) is 10.0. The molecule has 8 heteroatoms. The molecule has 2 atom stereocenters. The largest absolute Gasteiger partial charge is 0.253 e. The van der Waals surface area contributed by atoms with E-state index in [0.717, 1.165) is 55.5 Å². The second kappa shape index (κ2) is 6.71. The number of rotatable bonds is 0. The van der Waals surface area contributed by atoms with Gasteiger partial charge in [0.15, 0.2) is 0 Å². The Balaban J connectivity index is 1.50. The number of hydrogen-bond donors (Lipinski definition) is 0. The molecule has 0 bridgehead atoms. The minimum absolute atomic E-state index is 0.0591. The maximum Gasteiger partial charge on any atom is 0.206 e. The Morgan fingerprint density at radius 3 is 1.82 bits per heavy atom. The van der Waals surface area contributed by atoms with Gasteiger partial charge in [0.2, 0.25) is 12.4 Å². The summed E-state index contributed by atoms with van der Waals surface area (Å²) in [4.78, 5) is 26.2. The Morgan fingerprint density at radius 1 is 0.618 bits per heavy atom. The summed E-state index contributed by atoms with van der Waals surface area (Å²) in [7, 11) is 0. The molecule has 2 heterocycles. The molecule has 3 aliphatic carbocycles. The van der Waals surface area contributed by atoms with E-state index in [1.165, 1.54) is 0 Å². The molecule has 4 aromatic rings. The van der Waals surface area contributed by atoms with Crippen LogP contribution in [0.3, 0.4) is 0 Å². The van der Waals surface area contributed by atoms with Crippen molar-refractivity contribution in [2.75, 3.05) is 0 Å². The topological polar surface area (TPSA) is 124 Å². The van der Waals surface area contributed by atoms with Crippen LogP contribution in [0.4, 0.5) is 0 Å². The Labute approximate surface area is 193 Å². The van der Waals surface area contributed by atoms with Crippen molar-refractivity contribution >= 4 is 39.1 Å². The number of aromatic nitrogens is 4. The molecule has 34 heavy (non-hydrogen) atoms. The number of nitriles is 2. The fourth-order valence-electron chi connectivity index (χ4n) is 5.36. The summed E-state index contributed by atoms with van der Waals surface area (Å²) in [5, 5.41) is 18.9. The van der Waals surface area contributed by atoms with Gasteiger partial charge in [0.1, 0.15) is 0 Å². The van der Waals surface area contributed by atoms with Gasteiger partial charge >= 0.3 is 0 Å². The van der Waals surface area contributed by atoms with E-state index < -0.39 is 0 Å². The van der Waals surface area contributed by atoms with E-state index in [0.29, 0.717) is 11.4 Å². The van der Waals surface area contributed by atoms with Crippen LogP contribution in [0.5, 0.6) is 0 Å². The number of nitrogens with zero attached hydrogens (tertiary/aromatic N) is 8. The van der Waals surface area contributed by atoms with Crippen LogP contribution in [-0.4, -0.2) is 31.4 Å². The highest BCUT2D eigenvalue weighted by Crippen LogP contribution is 2.51. The highest BCUT2D eigenvalue weighted by Gasteiger charge is 2.42. The van der Waals surface area contributed by atoms with Crippen LogP contribution in [0.1, 0.15) is 28.2 Å². The molecular weight excluding hydrogens is 424 g/mol. The van der Waals surface area contributed by atoms with Gasteiger partial charge in [0.05, 0.1) is 33.5 Å². The third-order valence-corrected chi connectivity index (χ3v) is 6.70. The van der Waals surface area contributed by atoms with Gasteiger partial charge in [0, 0.05) is 53.3 Å². The Hall–Kier alpha value is -5.08. The van der Waals surface area contributed by atoms with Gasteiger partial charge in [-0.05, 0) is 41.0 Å². The smallest absolute Gasteiger partial charge is 0.206 e. The number of fused-ring (bicyclic) bond motifs is 8. The SMILES string of the molecule is N#CN=C1C2=CC3c4cc5nccnc5cc4C(=NC#N)C3C=C2c2cc3nccnc3cc21. The van der Waals surface area contributed by atoms with Crippen LogP contribution in [0.15, 0.2) is 76.8 Å². The zero-order valence-corrected chi connectivity index (χ0v) is 17.5. The van der Waals surface area contributed by atoms with Crippen LogP contribution in [0, 0.1) is 28.8 Å². The van der Waals surface area contributed by atoms with E-state index in [1.54, 1.807) is 24.8 Å². The molecule has 0 spiro atoms. The summed E-state index contributed by atoms with van der Waals surface area (Å²) < 4.78 is 0. The van der Waals surface area contributed by atoms with Crippen molar-refractivity contribution in [3.8, 4) is 12.4 Å². The predicted molar refractivity (Wildman–Crippen MR) is 126 cm³/mol. The summed E-state index contributed by atoms with van der Waals surface area (Å²) >= 11 is 0. The van der Waals surface area contributed by atoms with E-state index in [-0.39, 0.29) is 11.8 Å². The molecule has 0 saturated heterocycles. The molecule has 0 amide bonds. The highest BCUT2D eigenvalue weighted by molar-refractivity contribution is 6.31. The number of hydrogen-bond acceptors (Lipinski definition) is 8. The minimum atomic E-state index is -0.128. The molecule has 0 N–H and O–H groups in total. The summed E-state index contributed by atoms with van der Waals surface area (Å²) in [6, 6.07) is 7.91. The van der Waals surface area contributed by atoms with Gasteiger partial charge in [-0.15, -0.1) is 0 Å². The molecular formula is C26H12N8. The van der Waals surface area contributed by atoms with E-state index in [9.17, 15) is 10.5 Å². The lowest BCUT2D eigenvalue weighted by Gasteiger charge is -2.21. The first kappa shape index (κ1) is 18.5. The summed E-state index contributed by atoms with van der Waals surface area (Å²) in [6.07, 6.45) is 14.9. The van der Waals surface area contributed by atoms with Crippen LogP contribution in [-0.2, 0) is 0 Å². The Bertz CT molecular complexity index is 1800. The first-order valence-electron chi connectivity index (χ1n) is 10.6. The maximum absolute atomic E-state index is 9.46. The monoisotopic (exact) mass is 436 g/mol. The highest BCUT2D eigenvalue weighted by atomic mass is 14.8. The maximum atomic E-state index is 9.46. The average molecular weight is 436 g/mol. The van der Waals surface area contributed by atoms with Crippen LogP contribution in [0.2, 0.25) is 0 Å². The lowest BCUT2D eigenvalue weighted by molar-refractivity contribution is 0.768. The van der Waals surface area contributed by atoms with Gasteiger partial charge in [-0.3, -0.25) is 19.9 Å². The van der Waals surface area contributed by atoms with E-state index in [4.69, 9.17) is 0 Å². The van der Waals surface area contributed by atoms with Crippen LogP contribution < -0.4 is 0 Å². The molecule has 2 unspecified atom stereocenters. The van der Waals surface area contributed by atoms with Crippen molar-refractivity contribution in [2.24, 2.45) is 15.9 Å². The minimum Gasteiger partial charge on any atom is -0.253 e. The molecule has 156 valence electrons. The standard InChI is InChI=1S/C26H12N8/c27-11-33-25-17-6-14-16-8-22-24(32-4-2-30-22)10-20(16)26(34-12-28)18(14)5-13(17)15-7-21-23(9-19(15)25)31-3-1-29-21/h1-10,13,17H. The van der Waals surface area contributed by atoms with Crippen LogP contribution >= 0.6 is 0 Å². The molecule has 2 aromatic heterocycles. The second-order valence-corrected chi connectivity index (χ2v) is 8.30. The molecule has 7 rings (SSSR count). The van der Waals surface area contributed by atoms with Gasteiger partial charge in [-0.2, -0.15) is 20.5 Å². The molecule has 2 aromatic carbocycles. The summed E-state index contributed by atoms with van der Waals surface area (Å²) in [6.45, 7) is 0. The molecule has 0 aliphatic heterocycles.